The number of hydrogen-bond acceptors (Lipinski definition) is 3. The van der Waals surface area contributed by atoms with Gasteiger partial charge in [-0.15, -0.1) is 0 Å². The van der Waals surface area contributed by atoms with Crippen molar-refractivity contribution in [2.45, 2.75) is 25.9 Å². The highest BCUT2D eigenvalue weighted by Crippen LogP contribution is 2.23. The van der Waals surface area contributed by atoms with Gasteiger partial charge in [-0.2, -0.15) is 0 Å². The quantitative estimate of drug-likeness (QED) is 0.782. The fraction of sp³-hybridized carbons (Fsp3) is 0.316. The summed E-state index contributed by atoms with van der Waals surface area (Å²) in [6.07, 6.45) is 4.39. The van der Waals surface area contributed by atoms with Gasteiger partial charge in [0.2, 0.25) is 0 Å². The van der Waals surface area contributed by atoms with Gasteiger partial charge in [0.15, 0.2) is 5.15 Å². The molecular formula is C19H21ClN4. The van der Waals surface area contributed by atoms with E-state index in [1.165, 1.54) is 24.0 Å². The molecule has 0 saturated heterocycles. The van der Waals surface area contributed by atoms with Crippen molar-refractivity contribution in [2.24, 2.45) is 0 Å². The molecule has 1 N–H and O–H groups in total. The highest BCUT2D eigenvalue weighted by molar-refractivity contribution is 6.30. The van der Waals surface area contributed by atoms with Gasteiger partial charge in [-0.05, 0) is 61.8 Å². The van der Waals surface area contributed by atoms with Crippen LogP contribution in [0.25, 0.3) is 5.65 Å². The first kappa shape index (κ1) is 15.5. The Bertz CT molecular complexity index is 871. The number of halogens is 1. The van der Waals surface area contributed by atoms with Crippen LogP contribution in [0.4, 0.5) is 5.69 Å². The lowest BCUT2D eigenvalue weighted by atomic mass is 10.0. The maximum atomic E-state index is 6.31. The second kappa shape index (κ2) is 6.46. The van der Waals surface area contributed by atoms with E-state index in [0.717, 1.165) is 30.1 Å². The molecule has 4 rings (SSSR count). The summed E-state index contributed by atoms with van der Waals surface area (Å²) in [5.74, 6) is 0. The van der Waals surface area contributed by atoms with Crippen LogP contribution in [0.1, 0.15) is 23.2 Å². The Kier molecular flexibility index (Phi) is 4.17. The van der Waals surface area contributed by atoms with E-state index < -0.39 is 0 Å². The summed E-state index contributed by atoms with van der Waals surface area (Å²) in [7, 11) is 2.19. The number of benzene rings is 1. The largest absolute Gasteiger partial charge is 0.379 e. The van der Waals surface area contributed by atoms with Gasteiger partial charge in [-0.25, -0.2) is 4.98 Å². The van der Waals surface area contributed by atoms with Gasteiger partial charge in [-0.1, -0.05) is 23.7 Å². The van der Waals surface area contributed by atoms with Crippen molar-refractivity contribution in [3.05, 3.63) is 64.6 Å². The van der Waals surface area contributed by atoms with E-state index in [1.807, 2.05) is 28.8 Å². The molecule has 124 valence electrons. The number of imidazole rings is 1. The molecule has 1 aliphatic heterocycles. The van der Waals surface area contributed by atoms with Crippen molar-refractivity contribution in [3.63, 3.8) is 0 Å². The lowest BCUT2D eigenvalue weighted by molar-refractivity contribution is 0.332. The lowest BCUT2D eigenvalue weighted by Crippen LogP contribution is -2.17. The Morgan fingerprint density at radius 2 is 2.12 bits per heavy atom. The normalized spacial score (nSPS) is 15.2. The molecule has 0 spiro atoms. The lowest BCUT2D eigenvalue weighted by Gasteiger charge is -2.15. The number of hydrogen-bond donors (Lipinski definition) is 1. The Hall–Kier alpha value is -2.04. The van der Waals surface area contributed by atoms with Crippen LogP contribution in [0.5, 0.6) is 0 Å². The van der Waals surface area contributed by atoms with E-state index in [9.17, 15) is 0 Å². The first-order chi connectivity index (χ1) is 11.7. The van der Waals surface area contributed by atoms with E-state index in [4.69, 9.17) is 11.6 Å². The third-order valence-corrected chi connectivity index (χ3v) is 4.98. The highest BCUT2D eigenvalue weighted by atomic mass is 35.5. The molecule has 1 aromatic carbocycles. The van der Waals surface area contributed by atoms with Gasteiger partial charge in [0.25, 0.3) is 0 Å². The Labute approximate surface area is 147 Å². The molecular weight excluding hydrogens is 320 g/mol. The summed E-state index contributed by atoms with van der Waals surface area (Å²) >= 11 is 6.31. The molecule has 0 radical (unpaired) electrons. The molecule has 0 atom stereocenters. The molecule has 0 fully saturated rings. The Morgan fingerprint density at radius 3 is 3.04 bits per heavy atom. The minimum atomic E-state index is 0.559. The summed E-state index contributed by atoms with van der Waals surface area (Å²) in [6.45, 7) is 2.83. The standard InChI is InChI=1S/C19H21ClN4/c1-23-9-4-5-14-7-8-16(11-15(14)13-23)21-12-17-19(20)22-18-6-2-3-10-24(17)18/h2-3,6-8,10-11,21H,4-5,9,12-13H2,1H3. The fourth-order valence-electron chi connectivity index (χ4n) is 3.40. The van der Waals surface area contributed by atoms with Gasteiger partial charge in [-0.3, -0.25) is 0 Å². The maximum absolute atomic E-state index is 6.31. The maximum Gasteiger partial charge on any atom is 0.153 e. The SMILES string of the molecule is CN1CCCc2ccc(NCc3c(Cl)nc4ccccn34)cc2C1. The summed E-state index contributed by atoms with van der Waals surface area (Å²) < 4.78 is 2.03. The number of nitrogens with one attached hydrogen (secondary N) is 1. The predicted molar refractivity (Wildman–Crippen MR) is 98.6 cm³/mol. The molecule has 0 unspecified atom stereocenters. The van der Waals surface area contributed by atoms with Crippen molar-refractivity contribution in [3.8, 4) is 0 Å². The van der Waals surface area contributed by atoms with Crippen LogP contribution in [0, 0.1) is 0 Å². The van der Waals surface area contributed by atoms with E-state index in [-0.39, 0.29) is 0 Å². The molecule has 0 bridgehead atoms. The monoisotopic (exact) mass is 340 g/mol. The molecule has 4 nitrogen and oxygen atoms in total. The van der Waals surface area contributed by atoms with Crippen LogP contribution in [0.15, 0.2) is 42.6 Å². The van der Waals surface area contributed by atoms with Crippen LogP contribution in [-0.4, -0.2) is 27.9 Å². The molecule has 3 heterocycles. The zero-order chi connectivity index (χ0) is 16.5. The van der Waals surface area contributed by atoms with Crippen molar-refractivity contribution < 1.29 is 0 Å². The minimum absolute atomic E-state index is 0.559. The van der Waals surface area contributed by atoms with E-state index >= 15 is 0 Å². The third-order valence-electron chi connectivity index (χ3n) is 4.67. The number of aryl methyl sites for hydroxylation is 1. The first-order valence-electron chi connectivity index (χ1n) is 8.36. The van der Waals surface area contributed by atoms with E-state index in [2.05, 4.69) is 40.4 Å². The summed E-state index contributed by atoms with van der Waals surface area (Å²) in [6, 6.07) is 12.6. The number of fused-ring (bicyclic) bond motifs is 2. The molecule has 24 heavy (non-hydrogen) atoms. The Morgan fingerprint density at radius 1 is 1.21 bits per heavy atom. The molecule has 5 heteroatoms. The molecule has 1 aliphatic rings. The smallest absolute Gasteiger partial charge is 0.153 e. The molecule has 0 saturated carbocycles. The number of nitrogens with zero attached hydrogens (tertiary/aromatic N) is 3. The van der Waals surface area contributed by atoms with Crippen molar-refractivity contribution in [1.29, 1.82) is 0 Å². The van der Waals surface area contributed by atoms with Crippen molar-refractivity contribution in [1.82, 2.24) is 14.3 Å². The van der Waals surface area contributed by atoms with Gasteiger partial charge in [0.05, 0.1) is 12.2 Å². The van der Waals surface area contributed by atoms with Gasteiger partial charge < -0.3 is 14.6 Å². The topological polar surface area (TPSA) is 32.6 Å². The average molecular weight is 341 g/mol. The second-order valence-electron chi connectivity index (χ2n) is 6.46. The van der Waals surface area contributed by atoms with Gasteiger partial charge in [0, 0.05) is 18.4 Å². The van der Waals surface area contributed by atoms with Crippen LogP contribution in [0.3, 0.4) is 0 Å². The molecule has 2 aromatic heterocycles. The zero-order valence-electron chi connectivity index (χ0n) is 13.8. The number of anilines is 1. The van der Waals surface area contributed by atoms with E-state index in [0.29, 0.717) is 11.7 Å². The van der Waals surface area contributed by atoms with Crippen LogP contribution < -0.4 is 5.32 Å². The summed E-state index contributed by atoms with van der Waals surface area (Å²) in [5.41, 5.74) is 5.88. The first-order valence-corrected chi connectivity index (χ1v) is 8.74. The van der Waals surface area contributed by atoms with Crippen LogP contribution in [0.2, 0.25) is 5.15 Å². The van der Waals surface area contributed by atoms with Gasteiger partial charge >= 0.3 is 0 Å². The molecule has 0 aliphatic carbocycles. The number of aromatic nitrogens is 2. The highest BCUT2D eigenvalue weighted by Gasteiger charge is 2.13. The van der Waals surface area contributed by atoms with Crippen molar-refractivity contribution in [2.75, 3.05) is 18.9 Å². The van der Waals surface area contributed by atoms with Crippen LogP contribution in [-0.2, 0) is 19.5 Å². The minimum Gasteiger partial charge on any atom is -0.379 e. The number of pyridine rings is 1. The second-order valence-corrected chi connectivity index (χ2v) is 6.81. The molecule has 0 amide bonds. The fourth-order valence-corrected chi connectivity index (χ4v) is 3.64. The third kappa shape index (κ3) is 2.99. The van der Waals surface area contributed by atoms with Crippen molar-refractivity contribution >= 4 is 22.9 Å². The van der Waals surface area contributed by atoms with Crippen LogP contribution >= 0.6 is 11.6 Å². The Balaban J connectivity index is 1.56. The average Bonchev–Trinajstić information content (AvgIpc) is 2.77. The number of rotatable bonds is 3. The van der Waals surface area contributed by atoms with E-state index in [1.54, 1.807) is 0 Å². The molecule has 3 aromatic rings. The van der Waals surface area contributed by atoms with Gasteiger partial charge in [0.1, 0.15) is 5.65 Å². The predicted octanol–water partition coefficient (Wildman–Crippen LogP) is 3.98. The summed E-state index contributed by atoms with van der Waals surface area (Å²) in [5, 5.41) is 4.06. The zero-order valence-corrected chi connectivity index (χ0v) is 14.6. The summed E-state index contributed by atoms with van der Waals surface area (Å²) in [4.78, 5) is 6.79.